The van der Waals surface area contributed by atoms with Crippen molar-refractivity contribution in [2.75, 3.05) is 20.3 Å². The largest absolute Gasteiger partial charge is 0.497 e. The highest BCUT2D eigenvalue weighted by atomic mass is 32.2. The molecule has 0 spiro atoms. The maximum atomic E-state index is 13.0. The van der Waals surface area contributed by atoms with E-state index in [9.17, 15) is 14.7 Å². The molecule has 3 aromatic carbocycles. The highest BCUT2D eigenvalue weighted by molar-refractivity contribution is 7.99. The molecule has 0 bridgehead atoms. The lowest BCUT2D eigenvalue weighted by Gasteiger charge is -2.22. The quantitative estimate of drug-likeness (QED) is 0.479. The molecule has 5 rings (SSSR count). The molecule has 3 aromatic rings. The molecule has 1 heterocycles. The molecule has 6 nitrogen and oxygen atoms in total. The van der Waals surface area contributed by atoms with E-state index in [2.05, 4.69) is 24.3 Å². The number of fused-ring (bicyclic) bond motifs is 3. The first-order valence-corrected chi connectivity index (χ1v) is 12.7. The maximum absolute atomic E-state index is 13.0. The molecule has 0 saturated carbocycles. The topological polar surface area (TPSA) is 76.1 Å². The van der Waals surface area contributed by atoms with Gasteiger partial charge in [0.15, 0.2) is 0 Å². The number of hydrogen-bond acceptors (Lipinski definition) is 5. The predicted octanol–water partition coefficient (Wildman–Crippen LogP) is 5.41. The molecule has 1 saturated heterocycles. The number of nitrogens with zero attached hydrogens (tertiary/aromatic N) is 1. The number of rotatable bonds is 7. The van der Waals surface area contributed by atoms with Crippen LogP contribution in [-0.4, -0.2) is 53.6 Å². The maximum Gasteiger partial charge on any atom is 0.410 e. The molecule has 7 heteroatoms. The zero-order valence-electron chi connectivity index (χ0n) is 19.4. The molecular weight excluding hydrogens is 462 g/mol. The third-order valence-electron chi connectivity index (χ3n) is 6.76. The molecule has 2 atom stereocenters. The lowest BCUT2D eigenvalue weighted by molar-refractivity contribution is -0.141. The first kappa shape index (κ1) is 23.3. The molecule has 1 aliphatic carbocycles. The number of ether oxygens (including phenoxy) is 2. The second-order valence-corrected chi connectivity index (χ2v) is 10.1. The van der Waals surface area contributed by atoms with E-state index >= 15 is 0 Å². The molecule has 0 radical (unpaired) electrons. The van der Waals surface area contributed by atoms with Crippen LogP contribution in [0.4, 0.5) is 4.79 Å². The van der Waals surface area contributed by atoms with E-state index in [1.807, 2.05) is 48.5 Å². The van der Waals surface area contributed by atoms with Crippen LogP contribution >= 0.6 is 11.8 Å². The number of likely N-dealkylation sites (tertiary alicyclic amines) is 1. The number of carbonyl (C=O) groups is 2. The Morgan fingerprint density at radius 3 is 2.20 bits per heavy atom. The Morgan fingerprint density at radius 2 is 1.60 bits per heavy atom. The van der Waals surface area contributed by atoms with Crippen molar-refractivity contribution in [3.05, 3.63) is 89.5 Å². The van der Waals surface area contributed by atoms with E-state index in [1.165, 1.54) is 4.90 Å². The molecule has 1 amide bonds. The molecule has 1 N–H and O–H groups in total. The Labute approximate surface area is 208 Å². The summed E-state index contributed by atoms with van der Waals surface area (Å²) in [6.07, 6.45) is -0.160. The Hall–Kier alpha value is -3.45. The molecule has 0 aromatic heterocycles. The number of aliphatic carboxylic acids is 1. The lowest BCUT2D eigenvalue weighted by Crippen LogP contribution is -2.41. The molecule has 2 aliphatic rings. The number of amides is 1. The highest BCUT2D eigenvalue weighted by Gasteiger charge is 2.41. The number of methoxy groups -OCH3 is 1. The number of thioether (sulfide) groups is 1. The minimum atomic E-state index is -0.994. The summed E-state index contributed by atoms with van der Waals surface area (Å²) in [5, 5.41) is 9.79. The van der Waals surface area contributed by atoms with E-state index in [1.54, 1.807) is 18.9 Å². The number of benzene rings is 3. The van der Waals surface area contributed by atoms with E-state index in [0.29, 0.717) is 13.0 Å². The molecule has 1 fully saturated rings. The number of carbonyl (C=O) groups excluding carboxylic acids is 1. The van der Waals surface area contributed by atoms with Crippen molar-refractivity contribution in [1.29, 1.82) is 0 Å². The SMILES string of the molecule is COc1ccc(CS[C@@H]2C[C@@H](C(=O)O)N(C(=O)OCC3c4ccccc4-c4ccccc43)C2)cc1. The summed E-state index contributed by atoms with van der Waals surface area (Å²) in [4.78, 5) is 26.3. The van der Waals surface area contributed by atoms with Crippen LogP contribution in [-0.2, 0) is 15.3 Å². The summed E-state index contributed by atoms with van der Waals surface area (Å²) in [7, 11) is 1.63. The smallest absolute Gasteiger partial charge is 0.410 e. The highest BCUT2D eigenvalue weighted by Crippen LogP contribution is 2.44. The summed E-state index contributed by atoms with van der Waals surface area (Å²) in [5.41, 5.74) is 5.70. The van der Waals surface area contributed by atoms with Crippen LogP contribution in [0.25, 0.3) is 11.1 Å². The summed E-state index contributed by atoms with van der Waals surface area (Å²) in [6.45, 7) is 0.536. The Kier molecular flexibility index (Phi) is 6.68. The Balaban J connectivity index is 1.23. The van der Waals surface area contributed by atoms with E-state index in [4.69, 9.17) is 9.47 Å². The standard InChI is InChI=1S/C28H27NO5S/c1-33-19-12-10-18(11-13-19)17-35-20-14-26(27(30)31)29(15-20)28(32)34-16-25-23-8-4-2-6-21(23)22-7-3-5-9-24(22)25/h2-13,20,25-26H,14-17H2,1H3,(H,30,31)/t20-,26+/m1/s1. The lowest BCUT2D eigenvalue weighted by atomic mass is 9.98. The van der Waals surface area contributed by atoms with Crippen molar-refractivity contribution in [2.45, 2.75) is 29.4 Å². The fourth-order valence-electron chi connectivity index (χ4n) is 4.97. The van der Waals surface area contributed by atoms with Crippen molar-refractivity contribution in [2.24, 2.45) is 0 Å². The second-order valence-electron chi connectivity index (χ2n) is 8.83. The first-order chi connectivity index (χ1) is 17.0. The van der Waals surface area contributed by atoms with Crippen molar-refractivity contribution >= 4 is 23.8 Å². The van der Waals surface area contributed by atoms with Gasteiger partial charge in [0.05, 0.1) is 7.11 Å². The van der Waals surface area contributed by atoms with Gasteiger partial charge in [-0.15, -0.1) is 0 Å². The molecule has 1 aliphatic heterocycles. The zero-order valence-corrected chi connectivity index (χ0v) is 20.2. The van der Waals surface area contributed by atoms with Gasteiger partial charge in [0, 0.05) is 23.5 Å². The fraction of sp³-hybridized carbons (Fsp3) is 0.286. The van der Waals surface area contributed by atoms with Crippen LogP contribution in [0.1, 0.15) is 29.0 Å². The Bertz CT molecular complexity index is 1180. The summed E-state index contributed by atoms with van der Waals surface area (Å²) < 4.78 is 10.9. The van der Waals surface area contributed by atoms with Crippen molar-refractivity contribution < 1.29 is 24.2 Å². The normalized spacial score (nSPS) is 18.7. The van der Waals surface area contributed by atoms with E-state index in [-0.39, 0.29) is 17.8 Å². The minimum absolute atomic E-state index is 0.0266. The average Bonchev–Trinajstić information content (AvgIpc) is 3.46. The fourth-order valence-corrected chi connectivity index (χ4v) is 6.17. The third kappa shape index (κ3) is 4.73. The zero-order chi connectivity index (χ0) is 24.4. The monoisotopic (exact) mass is 489 g/mol. The molecule has 0 unspecified atom stereocenters. The van der Waals surface area contributed by atoms with Crippen LogP contribution in [0.3, 0.4) is 0 Å². The van der Waals surface area contributed by atoms with Gasteiger partial charge in [0.2, 0.25) is 0 Å². The van der Waals surface area contributed by atoms with Gasteiger partial charge in [-0.25, -0.2) is 9.59 Å². The van der Waals surface area contributed by atoms with Crippen LogP contribution < -0.4 is 4.74 Å². The van der Waals surface area contributed by atoms with Gasteiger partial charge in [0.25, 0.3) is 0 Å². The van der Waals surface area contributed by atoms with Crippen LogP contribution in [0.5, 0.6) is 5.75 Å². The summed E-state index contributed by atoms with van der Waals surface area (Å²) >= 11 is 1.66. The van der Waals surface area contributed by atoms with Gasteiger partial charge in [-0.05, 0) is 46.4 Å². The second kappa shape index (κ2) is 10.0. The number of hydrogen-bond donors (Lipinski definition) is 1. The van der Waals surface area contributed by atoms with Crippen molar-refractivity contribution in [3.63, 3.8) is 0 Å². The summed E-state index contributed by atoms with van der Waals surface area (Å²) in [5.74, 6) is 0.481. The van der Waals surface area contributed by atoms with Gasteiger partial charge in [0.1, 0.15) is 18.4 Å². The van der Waals surface area contributed by atoms with Gasteiger partial charge in [-0.1, -0.05) is 60.7 Å². The van der Waals surface area contributed by atoms with Gasteiger partial charge in [-0.3, -0.25) is 4.90 Å². The molecule has 35 heavy (non-hydrogen) atoms. The van der Waals surface area contributed by atoms with E-state index in [0.717, 1.165) is 39.3 Å². The van der Waals surface area contributed by atoms with Gasteiger partial charge < -0.3 is 14.6 Å². The van der Waals surface area contributed by atoms with Crippen LogP contribution in [0.2, 0.25) is 0 Å². The third-order valence-corrected chi connectivity index (χ3v) is 8.08. The minimum Gasteiger partial charge on any atom is -0.497 e. The van der Waals surface area contributed by atoms with E-state index < -0.39 is 18.1 Å². The van der Waals surface area contributed by atoms with Crippen molar-refractivity contribution in [3.8, 4) is 16.9 Å². The summed E-state index contributed by atoms with van der Waals surface area (Å²) in [6, 6.07) is 23.2. The van der Waals surface area contributed by atoms with Gasteiger partial charge in [-0.2, -0.15) is 11.8 Å². The van der Waals surface area contributed by atoms with Crippen molar-refractivity contribution in [1.82, 2.24) is 4.90 Å². The predicted molar refractivity (Wildman–Crippen MR) is 136 cm³/mol. The number of carboxylic acids is 1. The molecule has 180 valence electrons. The first-order valence-electron chi connectivity index (χ1n) is 11.6. The van der Waals surface area contributed by atoms with Crippen LogP contribution in [0, 0.1) is 0 Å². The number of carboxylic acid groups (broad SMARTS) is 1. The Morgan fingerprint density at radius 1 is 0.971 bits per heavy atom. The average molecular weight is 490 g/mol. The van der Waals surface area contributed by atoms with Crippen LogP contribution in [0.15, 0.2) is 72.8 Å². The molecular formula is C28H27NO5S. The van der Waals surface area contributed by atoms with Gasteiger partial charge >= 0.3 is 12.1 Å².